The summed E-state index contributed by atoms with van der Waals surface area (Å²) >= 11 is 0. The summed E-state index contributed by atoms with van der Waals surface area (Å²) < 4.78 is 10.8. The number of primary amides is 1. The highest BCUT2D eigenvalue weighted by molar-refractivity contribution is 5.81. The van der Waals surface area contributed by atoms with Crippen LogP contribution in [0.25, 0.3) is 0 Å². The van der Waals surface area contributed by atoms with Crippen molar-refractivity contribution in [2.45, 2.75) is 25.8 Å². The van der Waals surface area contributed by atoms with Crippen LogP contribution in [0.1, 0.15) is 31.4 Å². The molecule has 0 radical (unpaired) electrons. The molecule has 0 saturated carbocycles. The topological polar surface area (TPSA) is 120 Å². The Labute approximate surface area is 169 Å². The normalized spacial score (nSPS) is 11.2. The van der Waals surface area contributed by atoms with Gasteiger partial charge < -0.3 is 25.8 Å². The first-order chi connectivity index (χ1) is 14.0. The number of rotatable bonds is 10. The third-order valence-corrected chi connectivity index (χ3v) is 3.86. The number of carbonyl (C=O) groups is 3. The van der Waals surface area contributed by atoms with Gasteiger partial charge in [0.25, 0.3) is 5.91 Å². The lowest BCUT2D eigenvalue weighted by molar-refractivity contribution is -0.149. The van der Waals surface area contributed by atoms with E-state index in [1.807, 2.05) is 37.3 Å². The molecule has 0 unspecified atom stereocenters. The number of esters is 1. The van der Waals surface area contributed by atoms with Crippen LogP contribution < -0.4 is 21.1 Å². The molecule has 29 heavy (non-hydrogen) atoms. The minimum Gasteiger partial charge on any atom is -0.457 e. The van der Waals surface area contributed by atoms with Crippen LogP contribution in [0.15, 0.2) is 54.6 Å². The first kappa shape index (κ1) is 21.7. The molecule has 2 aromatic rings. The second-order valence-electron chi connectivity index (χ2n) is 6.26. The summed E-state index contributed by atoms with van der Waals surface area (Å²) in [5, 5.41) is 5.14. The average Bonchev–Trinajstić information content (AvgIpc) is 2.71. The van der Waals surface area contributed by atoms with E-state index in [0.29, 0.717) is 23.6 Å². The molecule has 8 heteroatoms. The highest BCUT2D eigenvalue weighted by Crippen LogP contribution is 2.26. The van der Waals surface area contributed by atoms with Crippen molar-refractivity contribution in [3.05, 3.63) is 60.2 Å². The van der Waals surface area contributed by atoms with Gasteiger partial charge in [0.2, 0.25) is 0 Å². The molecule has 0 aliphatic rings. The quantitative estimate of drug-likeness (QED) is 0.531. The van der Waals surface area contributed by atoms with Crippen molar-refractivity contribution in [2.75, 3.05) is 13.2 Å². The first-order valence-corrected chi connectivity index (χ1v) is 9.29. The Morgan fingerprint density at radius 3 is 2.45 bits per heavy atom. The molecule has 0 aromatic heterocycles. The lowest BCUT2D eigenvalue weighted by atomic mass is 10.0. The maximum absolute atomic E-state index is 12.1. The number of hydrogen-bond donors (Lipinski definition) is 3. The maximum Gasteiger partial charge on any atom is 0.312 e. The summed E-state index contributed by atoms with van der Waals surface area (Å²) in [5.41, 5.74) is 5.86. The number of amides is 3. The number of urea groups is 1. The summed E-state index contributed by atoms with van der Waals surface area (Å²) in [6, 6.07) is 14.6. The van der Waals surface area contributed by atoms with Crippen molar-refractivity contribution in [1.82, 2.24) is 10.6 Å². The predicted octanol–water partition coefficient (Wildman–Crippen LogP) is 2.65. The molecule has 0 spiro atoms. The number of benzene rings is 2. The largest absolute Gasteiger partial charge is 0.457 e. The molecule has 2 aromatic carbocycles. The minimum atomic E-state index is -0.780. The van der Waals surface area contributed by atoms with Gasteiger partial charge in [0.15, 0.2) is 6.61 Å². The van der Waals surface area contributed by atoms with E-state index in [0.717, 1.165) is 6.42 Å². The predicted molar refractivity (Wildman–Crippen MR) is 107 cm³/mol. The van der Waals surface area contributed by atoms with Crippen LogP contribution in [0.4, 0.5) is 4.79 Å². The van der Waals surface area contributed by atoms with Gasteiger partial charge in [-0.3, -0.25) is 9.59 Å². The average molecular weight is 399 g/mol. The molecule has 0 aliphatic carbocycles. The molecule has 0 heterocycles. The van der Waals surface area contributed by atoms with Crippen LogP contribution in [-0.4, -0.2) is 31.1 Å². The molecule has 4 N–H and O–H groups in total. The van der Waals surface area contributed by atoms with E-state index in [1.165, 1.54) is 0 Å². The Bertz CT molecular complexity index is 826. The smallest absolute Gasteiger partial charge is 0.312 e. The fourth-order valence-electron chi connectivity index (χ4n) is 2.53. The van der Waals surface area contributed by atoms with E-state index in [1.54, 1.807) is 24.3 Å². The van der Waals surface area contributed by atoms with Crippen LogP contribution >= 0.6 is 0 Å². The highest BCUT2D eigenvalue weighted by atomic mass is 16.5. The zero-order valence-corrected chi connectivity index (χ0v) is 16.2. The Hall–Kier alpha value is -3.55. The van der Waals surface area contributed by atoms with E-state index >= 15 is 0 Å². The van der Waals surface area contributed by atoms with Crippen LogP contribution in [0.2, 0.25) is 0 Å². The van der Waals surface area contributed by atoms with Gasteiger partial charge in [0, 0.05) is 6.54 Å². The molecule has 3 amide bonds. The van der Waals surface area contributed by atoms with Crippen molar-refractivity contribution < 1.29 is 23.9 Å². The van der Waals surface area contributed by atoms with Gasteiger partial charge in [-0.05, 0) is 36.2 Å². The number of hydrogen-bond acceptors (Lipinski definition) is 5. The summed E-state index contributed by atoms with van der Waals surface area (Å²) in [7, 11) is 0. The second-order valence-corrected chi connectivity index (χ2v) is 6.26. The molecular weight excluding hydrogens is 374 g/mol. The maximum atomic E-state index is 12.1. The SMILES string of the molecule is CCCNC(=O)COC(=O)C[C@@H](NC(N)=O)c1cccc(Oc2ccccc2)c1. The molecule has 1 atom stereocenters. The molecule has 0 aliphatic heterocycles. The van der Waals surface area contributed by atoms with Crippen LogP contribution in [0.3, 0.4) is 0 Å². The third kappa shape index (κ3) is 7.92. The number of nitrogens with one attached hydrogen (secondary N) is 2. The van der Waals surface area contributed by atoms with Crippen LogP contribution in [0, 0.1) is 0 Å². The lowest BCUT2D eigenvalue weighted by Gasteiger charge is -2.18. The standard InChI is InChI=1S/C21H25N3O5/c1-2-11-23-19(25)14-28-20(26)13-18(24-21(22)27)15-7-6-10-17(12-15)29-16-8-4-3-5-9-16/h3-10,12,18H,2,11,13-14H2,1H3,(H,23,25)(H3,22,24,27)/t18-/m1/s1. The van der Waals surface area contributed by atoms with Crippen molar-refractivity contribution in [1.29, 1.82) is 0 Å². The summed E-state index contributed by atoms with van der Waals surface area (Å²) in [5.74, 6) is 0.182. The number of para-hydroxylation sites is 1. The second kappa shape index (κ2) is 11.3. The molecule has 0 bridgehead atoms. The molecule has 154 valence electrons. The van der Waals surface area contributed by atoms with Gasteiger partial charge in [0.05, 0.1) is 12.5 Å². The zero-order chi connectivity index (χ0) is 21.1. The van der Waals surface area contributed by atoms with Gasteiger partial charge in [-0.15, -0.1) is 0 Å². The summed E-state index contributed by atoms with van der Waals surface area (Å²) in [6.45, 7) is 2.05. The fraction of sp³-hybridized carbons (Fsp3) is 0.286. The number of carbonyl (C=O) groups excluding carboxylic acids is 3. The van der Waals surface area contributed by atoms with Crippen molar-refractivity contribution in [3.63, 3.8) is 0 Å². The minimum absolute atomic E-state index is 0.182. The highest BCUT2D eigenvalue weighted by Gasteiger charge is 2.20. The Morgan fingerprint density at radius 1 is 1.03 bits per heavy atom. The van der Waals surface area contributed by atoms with E-state index in [-0.39, 0.29) is 18.9 Å². The van der Waals surface area contributed by atoms with E-state index in [2.05, 4.69) is 10.6 Å². The van der Waals surface area contributed by atoms with Crippen molar-refractivity contribution >= 4 is 17.9 Å². The van der Waals surface area contributed by atoms with E-state index in [4.69, 9.17) is 15.2 Å². The zero-order valence-electron chi connectivity index (χ0n) is 16.2. The molecule has 8 nitrogen and oxygen atoms in total. The first-order valence-electron chi connectivity index (χ1n) is 9.29. The van der Waals surface area contributed by atoms with Gasteiger partial charge in [-0.1, -0.05) is 37.3 Å². The Kier molecular flexibility index (Phi) is 8.50. The fourth-order valence-corrected chi connectivity index (χ4v) is 2.53. The van der Waals surface area contributed by atoms with Gasteiger partial charge in [-0.25, -0.2) is 4.79 Å². The summed E-state index contributed by atoms with van der Waals surface area (Å²) in [6.07, 6.45) is 0.602. The third-order valence-electron chi connectivity index (χ3n) is 3.86. The van der Waals surface area contributed by atoms with Crippen molar-refractivity contribution in [3.8, 4) is 11.5 Å². The monoisotopic (exact) mass is 399 g/mol. The van der Waals surface area contributed by atoms with Gasteiger partial charge in [-0.2, -0.15) is 0 Å². The van der Waals surface area contributed by atoms with E-state index < -0.39 is 18.0 Å². The van der Waals surface area contributed by atoms with E-state index in [9.17, 15) is 14.4 Å². The number of nitrogens with two attached hydrogens (primary N) is 1. The number of ether oxygens (including phenoxy) is 2. The Balaban J connectivity index is 2.03. The molecule has 0 saturated heterocycles. The van der Waals surface area contributed by atoms with Gasteiger partial charge in [0.1, 0.15) is 11.5 Å². The molecule has 2 rings (SSSR count). The lowest BCUT2D eigenvalue weighted by Crippen LogP contribution is -2.35. The molecule has 0 fully saturated rings. The molecular formula is C21H25N3O5. The van der Waals surface area contributed by atoms with Gasteiger partial charge >= 0.3 is 12.0 Å². The van der Waals surface area contributed by atoms with Crippen molar-refractivity contribution in [2.24, 2.45) is 5.73 Å². The Morgan fingerprint density at radius 2 is 1.76 bits per heavy atom. The summed E-state index contributed by atoms with van der Waals surface area (Å²) in [4.78, 5) is 35.1. The van der Waals surface area contributed by atoms with Crippen LogP contribution in [-0.2, 0) is 14.3 Å². The van der Waals surface area contributed by atoms with Crippen LogP contribution in [0.5, 0.6) is 11.5 Å².